The lowest BCUT2D eigenvalue weighted by atomic mass is 10.1. The van der Waals surface area contributed by atoms with Crippen LogP contribution in [0.1, 0.15) is 11.3 Å². The van der Waals surface area contributed by atoms with Crippen LogP contribution < -0.4 is 10.6 Å². The number of carbonyl (C=O) groups is 2. The van der Waals surface area contributed by atoms with Crippen LogP contribution in [0.25, 0.3) is 0 Å². The van der Waals surface area contributed by atoms with Gasteiger partial charge in [0.25, 0.3) is 0 Å². The third kappa shape index (κ3) is 6.18. The monoisotopic (exact) mass is 397 g/mol. The van der Waals surface area contributed by atoms with E-state index >= 15 is 0 Å². The summed E-state index contributed by atoms with van der Waals surface area (Å²) >= 11 is 0. The van der Waals surface area contributed by atoms with Crippen molar-refractivity contribution in [2.24, 2.45) is 0 Å². The Hall–Kier alpha value is -3.13. The van der Waals surface area contributed by atoms with Crippen molar-refractivity contribution in [3.63, 3.8) is 0 Å². The minimum Gasteiger partial charge on any atom is -0.453 e. The summed E-state index contributed by atoms with van der Waals surface area (Å²) in [6.45, 7) is 5.83. The molecule has 0 spiro atoms. The molecule has 8 nitrogen and oxygen atoms in total. The molecule has 3 rings (SSSR count). The van der Waals surface area contributed by atoms with Crippen LogP contribution in [-0.4, -0.2) is 66.7 Å². The van der Waals surface area contributed by atoms with Crippen LogP contribution in [0.15, 0.2) is 42.6 Å². The van der Waals surface area contributed by atoms with E-state index in [9.17, 15) is 9.59 Å². The number of hydrogen-bond donors (Lipinski definition) is 2. The van der Waals surface area contributed by atoms with E-state index in [0.717, 1.165) is 43.0 Å². The number of amides is 3. The zero-order valence-electron chi connectivity index (χ0n) is 16.9. The Bertz CT molecular complexity index is 832. The number of piperazine rings is 1. The molecule has 0 saturated carbocycles. The topological polar surface area (TPSA) is 86.8 Å². The minimum atomic E-state index is -0.299. The summed E-state index contributed by atoms with van der Waals surface area (Å²) in [5.41, 5.74) is 3.44. The number of carbonyl (C=O) groups excluding carboxylic acids is 2. The molecule has 0 atom stereocenters. The van der Waals surface area contributed by atoms with Gasteiger partial charge >= 0.3 is 12.1 Å². The van der Waals surface area contributed by atoms with Gasteiger partial charge in [0.2, 0.25) is 0 Å². The summed E-state index contributed by atoms with van der Waals surface area (Å²) in [6.07, 6.45) is 2.24. The lowest BCUT2D eigenvalue weighted by molar-refractivity contribution is 0.0914. The van der Waals surface area contributed by atoms with Crippen LogP contribution >= 0.6 is 0 Å². The molecule has 1 aliphatic rings. The van der Waals surface area contributed by atoms with E-state index in [0.29, 0.717) is 18.8 Å². The van der Waals surface area contributed by atoms with Crippen molar-refractivity contribution in [3.8, 4) is 0 Å². The van der Waals surface area contributed by atoms with E-state index in [4.69, 9.17) is 4.74 Å². The summed E-state index contributed by atoms with van der Waals surface area (Å²) < 4.78 is 4.77. The molecule has 0 aliphatic carbocycles. The van der Waals surface area contributed by atoms with Crippen LogP contribution in [0, 0.1) is 6.92 Å². The van der Waals surface area contributed by atoms with Crippen LogP contribution in [0.3, 0.4) is 0 Å². The first kappa shape index (κ1) is 20.6. The number of pyridine rings is 1. The molecule has 0 unspecified atom stereocenters. The third-order valence-corrected chi connectivity index (χ3v) is 4.88. The highest BCUT2D eigenvalue weighted by Gasteiger charge is 2.21. The maximum Gasteiger partial charge on any atom is 0.409 e. The Kier molecular flexibility index (Phi) is 7.02. The number of benzene rings is 1. The van der Waals surface area contributed by atoms with E-state index < -0.39 is 0 Å². The van der Waals surface area contributed by atoms with E-state index in [2.05, 4.69) is 26.6 Å². The Balaban J connectivity index is 1.46. The molecule has 1 fully saturated rings. The molecule has 2 heterocycles. The Morgan fingerprint density at radius 2 is 1.83 bits per heavy atom. The fourth-order valence-corrected chi connectivity index (χ4v) is 3.21. The second-order valence-electron chi connectivity index (χ2n) is 7.02. The molecule has 154 valence electrons. The lowest BCUT2D eigenvalue weighted by Gasteiger charge is -2.33. The first-order valence-corrected chi connectivity index (χ1v) is 9.68. The number of ether oxygens (including phenoxy) is 1. The van der Waals surface area contributed by atoms with Crippen molar-refractivity contribution < 1.29 is 14.3 Å². The van der Waals surface area contributed by atoms with Gasteiger partial charge in [-0.05, 0) is 43.2 Å². The van der Waals surface area contributed by atoms with Gasteiger partial charge < -0.3 is 20.3 Å². The van der Waals surface area contributed by atoms with E-state index in [1.54, 1.807) is 11.1 Å². The van der Waals surface area contributed by atoms with E-state index in [1.165, 1.54) is 7.11 Å². The molecule has 0 radical (unpaired) electrons. The fourth-order valence-electron chi connectivity index (χ4n) is 3.21. The average Bonchev–Trinajstić information content (AvgIpc) is 2.74. The zero-order valence-corrected chi connectivity index (χ0v) is 16.9. The van der Waals surface area contributed by atoms with Gasteiger partial charge in [0, 0.05) is 44.1 Å². The molecular formula is C21H27N5O3. The van der Waals surface area contributed by atoms with Crippen LogP contribution in [0.4, 0.5) is 21.0 Å². The summed E-state index contributed by atoms with van der Waals surface area (Å²) in [5, 5.41) is 5.63. The number of nitrogens with one attached hydrogen (secondary N) is 2. The van der Waals surface area contributed by atoms with Crippen molar-refractivity contribution in [2.45, 2.75) is 13.3 Å². The van der Waals surface area contributed by atoms with Crippen molar-refractivity contribution in [1.29, 1.82) is 0 Å². The number of hydrogen-bond acceptors (Lipinski definition) is 5. The van der Waals surface area contributed by atoms with Gasteiger partial charge in [0.1, 0.15) is 0 Å². The number of anilines is 2. The van der Waals surface area contributed by atoms with Crippen molar-refractivity contribution in [3.05, 3.63) is 53.9 Å². The summed E-state index contributed by atoms with van der Waals surface area (Å²) in [6, 6.07) is 11.2. The largest absolute Gasteiger partial charge is 0.453 e. The van der Waals surface area contributed by atoms with Gasteiger partial charge in [-0.1, -0.05) is 12.1 Å². The highest BCUT2D eigenvalue weighted by Crippen LogP contribution is 2.14. The molecule has 3 amide bonds. The molecule has 1 aromatic carbocycles. The average molecular weight is 397 g/mol. The van der Waals surface area contributed by atoms with Gasteiger partial charge in [-0.15, -0.1) is 0 Å². The fraction of sp³-hybridized carbons (Fsp3) is 0.381. The van der Waals surface area contributed by atoms with Gasteiger partial charge in [-0.2, -0.15) is 0 Å². The molecule has 2 aromatic rings. The number of aromatic nitrogens is 1. The highest BCUT2D eigenvalue weighted by molar-refractivity contribution is 5.99. The van der Waals surface area contributed by atoms with Gasteiger partial charge in [-0.3, -0.25) is 9.88 Å². The molecule has 1 aromatic heterocycles. The number of nitrogens with zero attached hydrogens (tertiary/aromatic N) is 3. The van der Waals surface area contributed by atoms with Crippen molar-refractivity contribution in [1.82, 2.24) is 14.8 Å². The standard InChI is InChI=1S/C21H27N5O3/c1-16-6-7-19(15-22-16)24-20(27)23-18-5-3-4-17(14-18)8-9-25-10-12-26(13-11-25)21(28)29-2/h3-7,14-15H,8-13H2,1-2H3,(H2,23,24,27). The smallest absolute Gasteiger partial charge is 0.409 e. The molecule has 0 bridgehead atoms. The second-order valence-corrected chi connectivity index (χ2v) is 7.02. The van der Waals surface area contributed by atoms with Gasteiger partial charge in [-0.25, -0.2) is 9.59 Å². The summed E-state index contributed by atoms with van der Waals surface area (Å²) in [7, 11) is 1.41. The number of aryl methyl sites for hydroxylation is 1. The third-order valence-electron chi connectivity index (χ3n) is 4.88. The number of methoxy groups -OCH3 is 1. The zero-order chi connectivity index (χ0) is 20.6. The first-order valence-electron chi connectivity index (χ1n) is 9.68. The normalized spacial score (nSPS) is 14.3. The first-order chi connectivity index (χ1) is 14.0. The highest BCUT2D eigenvalue weighted by atomic mass is 16.5. The SMILES string of the molecule is COC(=O)N1CCN(CCc2cccc(NC(=O)Nc3ccc(C)nc3)c2)CC1. The predicted molar refractivity (Wildman–Crippen MR) is 112 cm³/mol. The van der Waals surface area contributed by atoms with Crippen LogP contribution in [0.5, 0.6) is 0 Å². The Labute approximate surface area is 170 Å². The predicted octanol–water partition coefficient (Wildman–Crippen LogP) is 2.96. The molecule has 1 aliphatic heterocycles. The van der Waals surface area contributed by atoms with Crippen molar-refractivity contribution >= 4 is 23.5 Å². The van der Waals surface area contributed by atoms with E-state index in [-0.39, 0.29) is 12.1 Å². The summed E-state index contributed by atoms with van der Waals surface area (Å²) in [4.78, 5) is 32.0. The van der Waals surface area contributed by atoms with Crippen LogP contribution in [-0.2, 0) is 11.2 Å². The molecule has 8 heteroatoms. The Morgan fingerprint density at radius 3 is 2.52 bits per heavy atom. The maximum atomic E-state index is 12.2. The van der Waals surface area contributed by atoms with Gasteiger partial charge in [0.15, 0.2) is 0 Å². The number of urea groups is 1. The second kappa shape index (κ2) is 9.88. The lowest BCUT2D eigenvalue weighted by Crippen LogP contribution is -2.49. The van der Waals surface area contributed by atoms with Gasteiger partial charge in [0.05, 0.1) is 19.0 Å². The van der Waals surface area contributed by atoms with Crippen LogP contribution in [0.2, 0.25) is 0 Å². The molecule has 1 saturated heterocycles. The minimum absolute atomic E-state index is 0.261. The maximum absolute atomic E-state index is 12.2. The number of rotatable bonds is 5. The molecular weight excluding hydrogens is 370 g/mol. The Morgan fingerprint density at radius 1 is 1.07 bits per heavy atom. The summed E-state index contributed by atoms with van der Waals surface area (Å²) in [5.74, 6) is 0. The molecule has 29 heavy (non-hydrogen) atoms. The quantitative estimate of drug-likeness (QED) is 0.810. The molecule has 2 N–H and O–H groups in total. The van der Waals surface area contributed by atoms with Crippen molar-refractivity contribution in [2.75, 3.05) is 50.5 Å². The van der Waals surface area contributed by atoms with E-state index in [1.807, 2.05) is 37.3 Å².